The molecule has 0 fully saturated rings. The van der Waals surface area contributed by atoms with Crippen molar-refractivity contribution in [2.75, 3.05) is 0 Å². The minimum Gasteiger partial charge on any atom is -0.308 e. The molecule has 41 heavy (non-hydrogen) atoms. The zero-order chi connectivity index (χ0) is 26.8. The third-order valence-corrected chi connectivity index (χ3v) is 8.95. The van der Waals surface area contributed by atoms with Gasteiger partial charge in [0.05, 0.1) is 38.8 Å². The predicted molar refractivity (Wildman–Crippen MR) is 171 cm³/mol. The van der Waals surface area contributed by atoms with E-state index in [2.05, 4.69) is 125 Å². The normalized spacial score (nSPS) is 12.5. The van der Waals surface area contributed by atoms with E-state index in [1.54, 1.807) is 0 Å². The van der Waals surface area contributed by atoms with E-state index in [1.165, 1.54) is 59.6 Å². The molecule has 4 nitrogen and oxygen atoms in total. The van der Waals surface area contributed by atoms with Gasteiger partial charge < -0.3 is 4.40 Å². The number of benzene rings is 6. The largest absolute Gasteiger partial charge is 0.308 e. The highest BCUT2D eigenvalue weighted by molar-refractivity contribution is 6.34. The maximum atomic E-state index is 5.14. The summed E-state index contributed by atoms with van der Waals surface area (Å²) in [6.07, 6.45) is 0. The number of fused-ring (bicyclic) bond motifs is 12. The summed E-state index contributed by atoms with van der Waals surface area (Å²) >= 11 is 0. The van der Waals surface area contributed by atoms with Crippen LogP contribution in [0, 0.1) is 6.92 Å². The van der Waals surface area contributed by atoms with Gasteiger partial charge in [0.25, 0.3) is 0 Å². The maximum Gasteiger partial charge on any atom is 0.235 e. The van der Waals surface area contributed by atoms with Crippen molar-refractivity contribution in [3.63, 3.8) is 0 Å². The third kappa shape index (κ3) is 2.60. The number of aromatic nitrogens is 4. The Morgan fingerprint density at radius 3 is 1.95 bits per heavy atom. The first-order chi connectivity index (χ1) is 20.3. The molecular formula is C37H22N4. The van der Waals surface area contributed by atoms with Crippen LogP contribution in [0.2, 0.25) is 0 Å². The molecule has 0 aliphatic rings. The van der Waals surface area contributed by atoms with Crippen LogP contribution in [0.1, 0.15) is 5.69 Å². The predicted octanol–water partition coefficient (Wildman–Crippen LogP) is 9.34. The highest BCUT2D eigenvalue weighted by atomic mass is 15.2. The van der Waals surface area contributed by atoms with Crippen LogP contribution in [0.15, 0.2) is 115 Å². The summed E-state index contributed by atoms with van der Waals surface area (Å²) in [5.41, 5.74) is 7.93. The lowest BCUT2D eigenvalue weighted by Crippen LogP contribution is -2.03. The van der Waals surface area contributed by atoms with Crippen molar-refractivity contribution in [1.82, 2.24) is 18.9 Å². The number of hydrogen-bond donors (Lipinski definition) is 0. The molecule has 0 aliphatic heterocycles. The van der Waals surface area contributed by atoms with Crippen LogP contribution in [0.25, 0.3) is 87.5 Å². The van der Waals surface area contributed by atoms with Crippen LogP contribution in [-0.2, 0) is 0 Å². The molecular weight excluding hydrogens is 500 g/mol. The molecule has 0 saturated carbocycles. The summed E-state index contributed by atoms with van der Waals surface area (Å²) in [6.45, 7) is 2.08. The smallest absolute Gasteiger partial charge is 0.235 e. The highest BCUT2D eigenvalue weighted by Gasteiger charge is 2.25. The van der Waals surface area contributed by atoms with Crippen LogP contribution in [0.4, 0.5) is 0 Å². The lowest BCUT2D eigenvalue weighted by atomic mass is 10.0. The molecule has 0 N–H and O–H groups in total. The number of rotatable bonds is 1. The SMILES string of the molecule is Cc1nc(-n2c3ccccc3c3cc4c5ccccc5n5c6cc7ccccc7cc6c(c32)c45)nc2ccccc12. The number of aryl methyl sites for hydroxylation is 1. The molecule has 0 unspecified atom stereocenters. The summed E-state index contributed by atoms with van der Waals surface area (Å²) in [5.74, 6) is 0.708. The number of hydrogen-bond acceptors (Lipinski definition) is 2. The summed E-state index contributed by atoms with van der Waals surface area (Å²) in [5, 5.41) is 11.1. The first kappa shape index (κ1) is 21.4. The van der Waals surface area contributed by atoms with Crippen LogP contribution in [-0.4, -0.2) is 18.9 Å². The molecule has 0 spiro atoms. The molecule has 0 aliphatic carbocycles. The Balaban J connectivity index is 1.53. The van der Waals surface area contributed by atoms with E-state index < -0.39 is 0 Å². The monoisotopic (exact) mass is 522 g/mol. The fourth-order valence-corrected chi connectivity index (χ4v) is 7.22. The Labute approximate surface area is 234 Å². The zero-order valence-electron chi connectivity index (χ0n) is 22.3. The third-order valence-electron chi connectivity index (χ3n) is 8.95. The second-order valence-electron chi connectivity index (χ2n) is 11.1. The molecule has 10 aromatic rings. The first-order valence-corrected chi connectivity index (χ1v) is 14.0. The molecule has 0 saturated heterocycles. The summed E-state index contributed by atoms with van der Waals surface area (Å²) < 4.78 is 4.76. The Morgan fingerprint density at radius 1 is 0.488 bits per heavy atom. The second kappa shape index (κ2) is 7.38. The molecule has 4 heteroatoms. The van der Waals surface area contributed by atoms with Gasteiger partial charge in [0.1, 0.15) is 0 Å². The molecule has 0 radical (unpaired) electrons. The highest BCUT2D eigenvalue weighted by Crippen LogP contribution is 2.46. The van der Waals surface area contributed by atoms with Crippen molar-refractivity contribution >= 4 is 81.6 Å². The molecule has 10 rings (SSSR count). The van der Waals surface area contributed by atoms with E-state index in [-0.39, 0.29) is 0 Å². The molecule has 190 valence electrons. The van der Waals surface area contributed by atoms with Crippen LogP contribution in [0.5, 0.6) is 0 Å². The van der Waals surface area contributed by atoms with Gasteiger partial charge in [-0.3, -0.25) is 4.57 Å². The summed E-state index contributed by atoms with van der Waals surface area (Å²) in [4.78, 5) is 10.3. The quantitative estimate of drug-likeness (QED) is 0.215. The molecule has 0 amide bonds. The molecule has 4 heterocycles. The van der Waals surface area contributed by atoms with Gasteiger partial charge in [0.15, 0.2) is 0 Å². The Bertz CT molecular complexity index is 2710. The van der Waals surface area contributed by atoms with Gasteiger partial charge in [0.2, 0.25) is 5.95 Å². The standard InChI is InChI=1S/C37H22N4/c1-21-24-12-4-7-15-30(24)39-37(38-21)41-32-17-9-6-14-26(32)28-20-27-25-13-5-8-16-31(25)40-33-19-23-11-3-2-10-22(23)18-29(33)34(35(27)40)36(28)41/h2-20H,1H3. The van der Waals surface area contributed by atoms with Crippen LogP contribution in [0.3, 0.4) is 0 Å². The first-order valence-electron chi connectivity index (χ1n) is 14.0. The van der Waals surface area contributed by atoms with E-state index in [9.17, 15) is 0 Å². The van der Waals surface area contributed by atoms with Crippen LogP contribution < -0.4 is 0 Å². The van der Waals surface area contributed by atoms with E-state index in [0.717, 1.165) is 27.6 Å². The number of nitrogens with zero attached hydrogens (tertiary/aromatic N) is 4. The minimum atomic E-state index is 0.708. The lowest BCUT2D eigenvalue weighted by Gasteiger charge is -2.10. The maximum absolute atomic E-state index is 5.14. The number of para-hydroxylation sites is 3. The topological polar surface area (TPSA) is 35.1 Å². The van der Waals surface area contributed by atoms with Gasteiger partial charge >= 0.3 is 0 Å². The Kier molecular flexibility index (Phi) is 3.84. The Hall–Kier alpha value is -5.48. The van der Waals surface area contributed by atoms with E-state index >= 15 is 0 Å². The lowest BCUT2D eigenvalue weighted by molar-refractivity contribution is 0.991. The van der Waals surface area contributed by atoms with Crippen molar-refractivity contribution < 1.29 is 0 Å². The van der Waals surface area contributed by atoms with E-state index in [0.29, 0.717) is 5.95 Å². The van der Waals surface area contributed by atoms with Gasteiger partial charge in [-0.1, -0.05) is 78.9 Å². The van der Waals surface area contributed by atoms with Gasteiger partial charge in [0, 0.05) is 37.7 Å². The zero-order valence-corrected chi connectivity index (χ0v) is 22.3. The van der Waals surface area contributed by atoms with Gasteiger partial charge in [-0.15, -0.1) is 0 Å². The van der Waals surface area contributed by atoms with Crippen molar-refractivity contribution in [1.29, 1.82) is 0 Å². The molecule has 0 bridgehead atoms. The van der Waals surface area contributed by atoms with Gasteiger partial charge in [-0.05, 0) is 54.1 Å². The van der Waals surface area contributed by atoms with Crippen molar-refractivity contribution in [2.24, 2.45) is 0 Å². The molecule has 6 aromatic carbocycles. The van der Waals surface area contributed by atoms with Crippen molar-refractivity contribution in [3.8, 4) is 5.95 Å². The van der Waals surface area contributed by atoms with Crippen molar-refractivity contribution in [2.45, 2.75) is 6.92 Å². The fraction of sp³-hybridized carbons (Fsp3) is 0.0270. The minimum absolute atomic E-state index is 0.708. The summed E-state index contributed by atoms with van der Waals surface area (Å²) in [6, 6.07) is 41.5. The average molecular weight is 523 g/mol. The van der Waals surface area contributed by atoms with Gasteiger partial charge in [-0.2, -0.15) is 0 Å². The van der Waals surface area contributed by atoms with Crippen LogP contribution >= 0.6 is 0 Å². The van der Waals surface area contributed by atoms with Gasteiger partial charge in [-0.25, -0.2) is 9.97 Å². The van der Waals surface area contributed by atoms with E-state index in [4.69, 9.17) is 9.97 Å². The molecule has 0 atom stereocenters. The van der Waals surface area contributed by atoms with Crippen molar-refractivity contribution in [3.05, 3.63) is 121 Å². The summed E-state index contributed by atoms with van der Waals surface area (Å²) in [7, 11) is 0. The van der Waals surface area contributed by atoms with E-state index in [1.807, 2.05) is 6.07 Å². The fourth-order valence-electron chi connectivity index (χ4n) is 7.22. The second-order valence-corrected chi connectivity index (χ2v) is 11.1. The molecule has 4 aromatic heterocycles. The average Bonchev–Trinajstić information content (AvgIpc) is 3.64. The Morgan fingerprint density at radius 2 is 1.12 bits per heavy atom.